The van der Waals surface area contributed by atoms with Crippen LogP contribution >= 0.6 is 11.6 Å². The van der Waals surface area contributed by atoms with Crippen molar-refractivity contribution < 1.29 is 0 Å². The van der Waals surface area contributed by atoms with E-state index in [9.17, 15) is 0 Å². The van der Waals surface area contributed by atoms with E-state index in [1.165, 1.54) is 0 Å². The summed E-state index contributed by atoms with van der Waals surface area (Å²) in [6.07, 6.45) is 5.16. The summed E-state index contributed by atoms with van der Waals surface area (Å²) in [5.41, 5.74) is 1.30. The average Bonchev–Trinajstić information content (AvgIpc) is 2.92. The normalized spacial score (nSPS) is 11.2. The number of rotatable bonds is 1. The van der Waals surface area contributed by atoms with E-state index in [0.29, 0.717) is 16.6 Å². The Morgan fingerprint density at radius 3 is 2.80 bits per heavy atom. The van der Waals surface area contributed by atoms with Crippen molar-refractivity contribution in [1.82, 2.24) is 24.6 Å². The first kappa shape index (κ1) is 11.3. The minimum Gasteiger partial charge on any atom is -0.277 e. The van der Waals surface area contributed by atoms with Crippen molar-refractivity contribution in [2.45, 2.75) is 0 Å². The number of hydrogen-bond acceptors (Lipinski definition) is 4. The minimum absolute atomic E-state index is 0.325. The maximum Gasteiger partial charge on any atom is 0.198 e. The van der Waals surface area contributed by atoms with Crippen LogP contribution in [0.3, 0.4) is 0 Å². The Labute approximate surface area is 118 Å². The lowest BCUT2D eigenvalue weighted by Crippen LogP contribution is -1.94. The van der Waals surface area contributed by atoms with Gasteiger partial charge in [0.05, 0.1) is 0 Å². The highest BCUT2D eigenvalue weighted by atomic mass is 35.5. The van der Waals surface area contributed by atoms with E-state index < -0.39 is 0 Å². The fourth-order valence-corrected chi connectivity index (χ4v) is 2.44. The van der Waals surface area contributed by atoms with Crippen molar-refractivity contribution >= 4 is 28.0 Å². The molecule has 0 spiro atoms. The van der Waals surface area contributed by atoms with Gasteiger partial charge in [-0.25, -0.2) is 4.98 Å². The zero-order valence-electron chi connectivity index (χ0n) is 10.2. The number of hydrogen-bond donors (Lipinski definition) is 0. The summed E-state index contributed by atoms with van der Waals surface area (Å²) in [6, 6.07) is 10.00. The summed E-state index contributed by atoms with van der Waals surface area (Å²) in [7, 11) is 0. The van der Waals surface area contributed by atoms with Crippen LogP contribution in [0.4, 0.5) is 0 Å². The van der Waals surface area contributed by atoms with Crippen LogP contribution in [0.15, 0.2) is 48.9 Å². The standard InChI is InChI=1S/C14H8ClN5/c15-12-14-19-18-13(20(14)8-7-17-12)11-10-4-2-1-3-9(10)5-6-16-11/h1-8H. The number of pyridine rings is 1. The monoisotopic (exact) mass is 281 g/mol. The Kier molecular flexibility index (Phi) is 2.40. The van der Waals surface area contributed by atoms with Gasteiger partial charge in [-0.2, -0.15) is 0 Å². The van der Waals surface area contributed by atoms with Crippen molar-refractivity contribution in [3.8, 4) is 11.5 Å². The molecule has 0 bridgehead atoms. The average molecular weight is 282 g/mol. The highest BCUT2D eigenvalue weighted by molar-refractivity contribution is 6.32. The molecule has 0 amide bonds. The molecule has 4 rings (SSSR count). The molecule has 0 atom stereocenters. The Hall–Kier alpha value is -2.53. The summed E-state index contributed by atoms with van der Waals surface area (Å²) in [5.74, 6) is 0.654. The molecule has 0 aliphatic heterocycles. The van der Waals surface area contributed by atoms with Crippen LogP contribution in [0.2, 0.25) is 5.15 Å². The van der Waals surface area contributed by atoms with E-state index in [-0.39, 0.29) is 0 Å². The second kappa shape index (κ2) is 4.25. The summed E-state index contributed by atoms with van der Waals surface area (Å²) in [4.78, 5) is 8.44. The zero-order valence-corrected chi connectivity index (χ0v) is 11.0. The molecule has 6 heteroatoms. The van der Waals surface area contributed by atoms with E-state index in [1.54, 1.807) is 23.0 Å². The molecule has 1 aromatic carbocycles. The van der Waals surface area contributed by atoms with E-state index in [0.717, 1.165) is 16.5 Å². The third-order valence-electron chi connectivity index (χ3n) is 3.17. The molecule has 0 saturated heterocycles. The fourth-order valence-electron chi connectivity index (χ4n) is 2.26. The summed E-state index contributed by atoms with van der Waals surface area (Å²) in [6.45, 7) is 0. The summed E-state index contributed by atoms with van der Waals surface area (Å²) >= 11 is 6.02. The Morgan fingerprint density at radius 2 is 1.85 bits per heavy atom. The number of benzene rings is 1. The van der Waals surface area contributed by atoms with Crippen molar-refractivity contribution in [3.05, 3.63) is 54.1 Å². The molecule has 0 aliphatic carbocycles. The Morgan fingerprint density at radius 1 is 0.950 bits per heavy atom. The molecule has 3 aromatic heterocycles. The predicted molar refractivity (Wildman–Crippen MR) is 76.5 cm³/mol. The number of nitrogens with zero attached hydrogens (tertiary/aromatic N) is 5. The van der Waals surface area contributed by atoms with Crippen LogP contribution < -0.4 is 0 Å². The highest BCUT2D eigenvalue weighted by Crippen LogP contribution is 2.26. The van der Waals surface area contributed by atoms with Gasteiger partial charge in [-0.15, -0.1) is 10.2 Å². The lowest BCUT2D eigenvalue weighted by molar-refractivity contribution is 1.09. The molecule has 0 unspecified atom stereocenters. The molecule has 0 fully saturated rings. The van der Waals surface area contributed by atoms with E-state index in [4.69, 9.17) is 11.6 Å². The van der Waals surface area contributed by atoms with E-state index in [1.807, 2.05) is 30.3 Å². The first-order valence-electron chi connectivity index (χ1n) is 6.04. The van der Waals surface area contributed by atoms with E-state index in [2.05, 4.69) is 20.2 Å². The Balaban J connectivity index is 2.09. The Bertz CT molecular complexity index is 926. The summed E-state index contributed by atoms with van der Waals surface area (Å²) in [5, 5.41) is 10.7. The predicted octanol–water partition coefficient (Wildman–Crippen LogP) is 2.99. The molecule has 0 saturated carbocycles. The van der Waals surface area contributed by atoms with Crippen molar-refractivity contribution in [3.63, 3.8) is 0 Å². The third-order valence-corrected chi connectivity index (χ3v) is 3.44. The number of halogens is 1. The third kappa shape index (κ3) is 1.57. The molecule has 3 heterocycles. The second-order valence-electron chi connectivity index (χ2n) is 4.32. The fraction of sp³-hybridized carbons (Fsp3) is 0. The van der Waals surface area contributed by atoms with Crippen LogP contribution in [-0.2, 0) is 0 Å². The molecule has 0 radical (unpaired) electrons. The maximum atomic E-state index is 6.02. The molecular formula is C14H8ClN5. The van der Waals surface area contributed by atoms with Crippen LogP contribution in [0, 0.1) is 0 Å². The van der Waals surface area contributed by atoms with Gasteiger partial charge in [-0.05, 0) is 11.5 Å². The zero-order chi connectivity index (χ0) is 13.5. The van der Waals surface area contributed by atoms with Gasteiger partial charge in [-0.1, -0.05) is 35.9 Å². The molecule has 96 valence electrons. The van der Waals surface area contributed by atoms with Gasteiger partial charge >= 0.3 is 0 Å². The van der Waals surface area contributed by atoms with Gasteiger partial charge in [0.15, 0.2) is 16.6 Å². The largest absolute Gasteiger partial charge is 0.277 e. The van der Waals surface area contributed by atoms with Crippen molar-refractivity contribution in [2.75, 3.05) is 0 Å². The molecule has 0 N–H and O–H groups in total. The van der Waals surface area contributed by atoms with Crippen LogP contribution in [0.25, 0.3) is 27.9 Å². The van der Waals surface area contributed by atoms with Crippen molar-refractivity contribution in [1.29, 1.82) is 0 Å². The topological polar surface area (TPSA) is 56.0 Å². The number of aromatic nitrogens is 5. The minimum atomic E-state index is 0.325. The molecular weight excluding hydrogens is 274 g/mol. The second-order valence-corrected chi connectivity index (χ2v) is 4.67. The molecule has 5 nitrogen and oxygen atoms in total. The van der Waals surface area contributed by atoms with Crippen molar-refractivity contribution in [2.24, 2.45) is 0 Å². The highest BCUT2D eigenvalue weighted by Gasteiger charge is 2.14. The lowest BCUT2D eigenvalue weighted by atomic mass is 10.1. The van der Waals surface area contributed by atoms with Gasteiger partial charge in [0.2, 0.25) is 0 Å². The first-order chi connectivity index (χ1) is 9.84. The quantitative estimate of drug-likeness (QED) is 0.538. The van der Waals surface area contributed by atoms with Gasteiger partial charge in [0, 0.05) is 24.0 Å². The SMILES string of the molecule is Clc1nccn2c(-c3nccc4ccccc34)nnc12. The first-order valence-corrected chi connectivity index (χ1v) is 6.42. The van der Waals surface area contributed by atoms with Gasteiger partial charge < -0.3 is 0 Å². The van der Waals surface area contributed by atoms with Gasteiger partial charge in [0.1, 0.15) is 5.69 Å². The molecule has 4 aromatic rings. The van der Waals surface area contributed by atoms with Gasteiger partial charge in [-0.3, -0.25) is 9.38 Å². The number of fused-ring (bicyclic) bond motifs is 2. The van der Waals surface area contributed by atoms with Crippen LogP contribution in [0.5, 0.6) is 0 Å². The van der Waals surface area contributed by atoms with Gasteiger partial charge in [0.25, 0.3) is 0 Å². The van der Waals surface area contributed by atoms with Crippen LogP contribution in [-0.4, -0.2) is 24.6 Å². The van der Waals surface area contributed by atoms with E-state index >= 15 is 0 Å². The smallest absolute Gasteiger partial charge is 0.198 e. The summed E-state index contributed by atoms with van der Waals surface area (Å²) < 4.78 is 1.80. The molecule has 20 heavy (non-hydrogen) atoms. The van der Waals surface area contributed by atoms with Crippen LogP contribution in [0.1, 0.15) is 0 Å². The lowest BCUT2D eigenvalue weighted by Gasteiger charge is -2.03. The molecule has 0 aliphatic rings. The maximum absolute atomic E-state index is 6.02.